The molecule has 0 aromatic heterocycles. The third-order valence-corrected chi connectivity index (χ3v) is 16.0. The predicted octanol–water partition coefficient (Wildman–Crippen LogP) is -0.476. The summed E-state index contributed by atoms with van der Waals surface area (Å²) in [6.07, 6.45) is 4.49. The molecule has 4 aromatic carbocycles. The second-order valence-electron chi connectivity index (χ2n) is 14.8. The first-order valence-corrected chi connectivity index (χ1v) is 22.7. The molecule has 0 fully saturated rings. The normalized spacial score (nSPS) is 14.0. The lowest BCUT2D eigenvalue weighted by molar-refractivity contribution is -0.530. The van der Waals surface area contributed by atoms with Crippen LogP contribution in [0, 0.1) is 41.5 Å². The number of halogens is 2. The number of anilines is 2. The highest BCUT2D eigenvalue weighted by Gasteiger charge is 2.41. The lowest BCUT2D eigenvalue weighted by Gasteiger charge is -2.24. The van der Waals surface area contributed by atoms with Gasteiger partial charge in [-0.3, -0.25) is 9.15 Å². The fourth-order valence-electron chi connectivity index (χ4n) is 8.23. The van der Waals surface area contributed by atoms with Crippen molar-refractivity contribution in [3.05, 3.63) is 117 Å². The maximum atomic E-state index is 5.56. The SMILES string of the molecule is CO[Si](OC)(OC)c1ccc(C[N+]2=CN(c3c(C)cc(C)cc3C)CC2)cc1.CO[Si](OC)(OC)c1ccc(C[N+]2=CN(c3c(C)cc(C)cc3C)CC2)cc1.[Br-].[Cl-]. The molecule has 0 bridgehead atoms. The van der Waals surface area contributed by atoms with Gasteiger partial charge >= 0.3 is 17.6 Å². The van der Waals surface area contributed by atoms with Crippen molar-refractivity contribution in [3.63, 3.8) is 0 Å². The van der Waals surface area contributed by atoms with Crippen molar-refractivity contribution in [1.82, 2.24) is 0 Å². The van der Waals surface area contributed by atoms with Gasteiger partial charge in [0.05, 0.1) is 0 Å². The minimum atomic E-state index is -2.76. The molecule has 10 nitrogen and oxygen atoms in total. The number of rotatable bonds is 14. The number of nitrogens with zero attached hydrogens (tertiary/aromatic N) is 4. The van der Waals surface area contributed by atoms with Gasteiger partial charge in [-0.15, -0.1) is 0 Å². The molecular formula is C44H62BrClN4O6Si2. The summed E-state index contributed by atoms with van der Waals surface area (Å²) in [5.74, 6) is 0. The largest absolute Gasteiger partial charge is 1.00 e. The van der Waals surface area contributed by atoms with Crippen LogP contribution in [0.5, 0.6) is 0 Å². The van der Waals surface area contributed by atoms with E-state index in [1.165, 1.54) is 55.9 Å². The van der Waals surface area contributed by atoms with Crippen LogP contribution in [-0.2, 0) is 39.6 Å². The van der Waals surface area contributed by atoms with Gasteiger partial charge in [-0.05, 0) is 74.9 Å². The standard InChI is InChI=1S/2C22H31N2O3Si.BrH.ClH/c2*1-17-13-18(2)22(19(3)14-17)24-12-11-23(16-24)15-20-7-9-21(10-8-20)28(25-4,26-5)27-6;;/h2*7-10,13-14,16H,11-12,15H2,1-6H3;2*1H/q2*+1;;/p-2. The molecule has 0 N–H and O–H groups in total. The van der Waals surface area contributed by atoms with E-state index in [2.05, 4.69) is 146 Å². The van der Waals surface area contributed by atoms with E-state index < -0.39 is 17.6 Å². The van der Waals surface area contributed by atoms with E-state index in [-0.39, 0.29) is 29.4 Å². The molecule has 0 saturated heterocycles. The van der Waals surface area contributed by atoms with E-state index in [0.29, 0.717) is 0 Å². The van der Waals surface area contributed by atoms with E-state index >= 15 is 0 Å². The van der Waals surface area contributed by atoms with Crippen molar-refractivity contribution in [2.75, 3.05) is 78.6 Å². The van der Waals surface area contributed by atoms with Gasteiger partial charge in [-0.2, -0.15) is 0 Å². The van der Waals surface area contributed by atoms with Crippen molar-refractivity contribution in [2.24, 2.45) is 0 Å². The molecule has 6 rings (SSSR count). The van der Waals surface area contributed by atoms with Crippen LogP contribution in [0.3, 0.4) is 0 Å². The predicted molar refractivity (Wildman–Crippen MR) is 232 cm³/mol. The highest BCUT2D eigenvalue weighted by atomic mass is 79.9. The van der Waals surface area contributed by atoms with E-state index in [1.54, 1.807) is 42.7 Å². The van der Waals surface area contributed by atoms with Crippen LogP contribution >= 0.6 is 0 Å². The van der Waals surface area contributed by atoms with Gasteiger partial charge in [0, 0.05) is 53.0 Å². The fourth-order valence-corrected chi connectivity index (χ4v) is 11.8. The van der Waals surface area contributed by atoms with Gasteiger partial charge in [0.15, 0.2) is 0 Å². The molecule has 2 heterocycles. The van der Waals surface area contributed by atoms with Gasteiger partial charge in [-0.1, -0.05) is 83.9 Å². The van der Waals surface area contributed by atoms with E-state index in [4.69, 9.17) is 26.6 Å². The van der Waals surface area contributed by atoms with E-state index in [1.807, 2.05) is 0 Å². The van der Waals surface area contributed by atoms with Crippen LogP contribution < -0.4 is 49.6 Å². The topological polar surface area (TPSA) is 67.9 Å². The third kappa shape index (κ3) is 11.1. The average Bonchev–Trinajstić information content (AvgIpc) is 3.84. The second-order valence-corrected chi connectivity index (χ2v) is 20.6. The summed E-state index contributed by atoms with van der Waals surface area (Å²) in [4.78, 5) is 4.74. The second kappa shape index (κ2) is 21.9. The molecule has 0 saturated carbocycles. The number of benzene rings is 4. The third-order valence-electron chi connectivity index (χ3n) is 10.7. The van der Waals surface area contributed by atoms with Crippen molar-refractivity contribution in [2.45, 2.75) is 54.6 Å². The molecule has 0 radical (unpaired) electrons. The molecule has 0 amide bonds. The Morgan fingerprint density at radius 2 is 0.759 bits per heavy atom. The van der Waals surface area contributed by atoms with Gasteiger partial charge in [-0.25, -0.2) is 9.80 Å². The summed E-state index contributed by atoms with van der Waals surface area (Å²) in [6.45, 7) is 18.9. The molecule has 0 unspecified atom stereocenters. The van der Waals surface area contributed by atoms with Crippen LogP contribution in [0.15, 0.2) is 72.8 Å². The quantitative estimate of drug-likeness (QED) is 0.125. The minimum absolute atomic E-state index is 0. The minimum Gasteiger partial charge on any atom is -1.00 e. The Bertz CT molecular complexity index is 1820. The van der Waals surface area contributed by atoms with Crippen molar-refractivity contribution >= 4 is 52.0 Å². The van der Waals surface area contributed by atoms with Crippen molar-refractivity contribution in [3.8, 4) is 0 Å². The molecule has 316 valence electrons. The maximum absolute atomic E-state index is 5.56. The number of hydrogen-bond donors (Lipinski definition) is 0. The summed E-state index contributed by atoms with van der Waals surface area (Å²) in [7, 11) is 4.28. The summed E-state index contributed by atoms with van der Waals surface area (Å²) >= 11 is 0. The molecular weight excluding hydrogens is 852 g/mol. The van der Waals surface area contributed by atoms with Gasteiger partial charge in [0.2, 0.25) is 12.7 Å². The molecule has 58 heavy (non-hydrogen) atoms. The summed E-state index contributed by atoms with van der Waals surface area (Å²) < 4.78 is 38.1. The van der Waals surface area contributed by atoms with Gasteiger partial charge in [0.1, 0.15) is 50.6 Å². The summed E-state index contributed by atoms with van der Waals surface area (Å²) in [6, 6.07) is 25.8. The number of hydrogen-bond acceptors (Lipinski definition) is 8. The Labute approximate surface area is 365 Å². The molecule has 2 aliphatic rings. The zero-order valence-electron chi connectivity index (χ0n) is 36.3. The Kier molecular flexibility index (Phi) is 18.5. The van der Waals surface area contributed by atoms with E-state index in [0.717, 1.165) is 49.6 Å². The monoisotopic (exact) mass is 912 g/mol. The molecule has 4 aromatic rings. The van der Waals surface area contributed by atoms with Crippen LogP contribution in [0.1, 0.15) is 44.5 Å². The summed E-state index contributed by atoms with van der Waals surface area (Å²) in [5, 5.41) is 1.95. The fraction of sp³-hybridized carbons (Fsp3) is 0.409. The van der Waals surface area contributed by atoms with Crippen LogP contribution in [0.25, 0.3) is 0 Å². The van der Waals surface area contributed by atoms with Gasteiger partial charge < -0.3 is 55.9 Å². The first-order valence-electron chi connectivity index (χ1n) is 19.2. The smallest absolute Gasteiger partial charge is 0.536 e. The lowest BCUT2D eigenvalue weighted by Crippen LogP contribution is -3.00. The Hall–Kier alpha value is -3.22. The molecule has 14 heteroatoms. The van der Waals surface area contributed by atoms with Crippen molar-refractivity contribution < 1.29 is 65.1 Å². The Balaban J connectivity index is 0.000000300. The Morgan fingerprint density at radius 1 is 0.483 bits per heavy atom. The van der Waals surface area contributed by atoms with Crippen LogP contribution in [0.2, 0.25) is 0 Å². The Morgan fingerprint density at radius 3 is 1.02 bits per heavy atom. The van der Waals surface area contributed by atoms with Gasteiger partial charge in [0.25, 0.3) is 0 Å². The first-order chi connectivity index (χ1) is 26.8. The molecule has 0 spiro atoms. The average molecular weight is 915 g/mol. The summed E-state index contributed by atoms with van der Waals surface area (Å²) in [5.41, 5.74) is 13.1. The molecule has 2 aliphatic heterocycles. The maximum Gasteiger partial charge on any atom is 0.536 e. The highest BCUT2D eigenvalue weighted by Crippen LogP contribution is 2.28. The molecule has 0 aliphatic carbocycles. The lowest BCUT2D eigenvalue weighted by atomic mass is 10.0. The van der Waals surface area contributed by atoms with Crippen LogP contribution in [-0.4, -0.2) is 108 Å². The van der Waals surface area contributed by atoms with Crippen LogP contribution in [0.4, 0.5) is 11.4 Å². The van der Waals surface area contributed by atoms with E-state index in [9.17, 15) is 0 Å². The molecule has 0 atom stereocenters. The zero-order chi connectivity index (χ0) is 40.6. The first kappa shape index (κ1) is 49.1. The highest BCUT2D eigenvalue weighted by molar-refractivity contribution is 6.75. The zero-order valence-corrected chi connectivity index (χ0v) is 40.7. The number of aryl methyl sites for hydroxylation is 6. The van der Waals surface area contributed by atoms with Crippen molar-refractivity contribution in [1.29, 1.82) is 0 Å².